The van der Waals surface area contributed by atoms with Crippen LogP contribution in [0.25, 0.3) is 0 Å². The summed E-state index contributed by atoms with van der Waals surface area (Å²) in [6.45, 7) is 1.80. The summed E-state index contributed by atoms with van der Waals surface area (Å²) < 4.78 is 38.9. The lowest BCUT2D eigenvalue weighted by molar-refractivity contribution is -0.141. The van der Waals surface area contributed by atoms with Crippen molar-refractivity contribution < 1.29 is 13.2 Å². The maximum absolute atomic E-state index is 12.6. The number of anilines is 1. The van der Waals surface area contributed by atoms with Crippen molar-refractivity contribution in [2.45, 2.75) is 25.6 Å². The van der Waals surface area contributed by atoms with Gasteiger partial charge in [-0.15, -0.1) is 0 Å². The van der Waals surface area contributed by atoms with Crippen LogP contribution in [0.15, 0.2) is 35.5 Å². The molecule has 0 spiro atoms. The third kappa shape index (κ3) is 4.02. The molecular formula is C17H16F3N5O. The van der Waals surface area contributed by atoms with E-state index in [0.717, 1.165) is 38.1 Å². The first-order valence-electron chi connectivity index (χ1n) is 8.11. The second-order valence-corrected chi connectivity index (χ2v) is 6.21. The third-order valence-electron chi connectivity index (χ3n) is 4.44. The van der Waals surface area contributed by atoms with Crippen LogP contribution in [0.1, 0.15) is 24.1 Å². The van der Waals surface area contributed by atoms with Crippen molar-refractivity contribution in [3.63, 3.8) is 0 Å². The fourth-order valence-corrected chi connectivity index (χ4v) is 2.98. The molecule has 2 aromatic rings. The summed E-state index contributed by atoms with van der Waals surface area (Å²) in [5.74, 6) is 0.969. The van der Waals surface area contributed by atoms with Crippen LogP contribution in [-0.2, 0) is 12.7 Å². The van der Waals surface area contributed by atoms with Gasteiger partial charge in [0.15, 0.2) is 5.69 Å². The van der Waals surface area contributed by atoms with E-state index in [1.165, 1.54) is 10.8 Å². The number of pyridine rings is 1. The van der Waals surface area contributed by atoms with E-state index in [9.17, 15) is 18.0 Å². The summed E-state index contributed by atoms with van der Waals surface area (Å²) in [4.78, 5) is 21.6. The maximum Gasteiger partial charge on any atom is 0.433 e. The van der Waals surface area contributed by atoms with Crippen LogP contribution in [0, 0.1) is 17.2 Å². The van der Waals surface area contributed by atoms with E-state index in [0.29, 0.717) is 18.2 Å². The fraction of sp³-hybridized carbons (Fsp3) is 0.412. The molecular weight excluding hydrogens is 347 g/mol. The first-order chi connectivity index (χ1) is 12.4. The minimum absolute atomic E-state index is 0.181. The minimum Gasteiger partial charge on any atom is -0.357 e. The molecule has 0 saturated carbocycles. The van der Waals surface area contributed by atoms with Gasteiger partial charge >= 0.3 is 6.18 Å². The molecule has 136 valence electrons. The highest BCUT2D eigenvalue weighted by atomic mass is 19.4. The number of hydrogen-bond donors (Lipinski definition) is 0. The van der Waals surface area contributed by atoms with Crippen LogP contribution < -0.4 is 10.5 Å². The fourth-order valence-electron chi connectivity index (χ4n) is 2.98. The van der Waals surface area contributed by atoms with Gasteiger partial charge in [0.05, 0.1) is 11.9 Å². The van der Waals surface area contributed by atoms with Crippen LogP contribution in [0.2, 0.25) is 0 Å². The normalized spacial score (nSPS) is 15.7. The average Bonchev–Trinajstić information content (AvgIpc) is 2.63. The Morgan fingerprint density at radius 3 is 2.50 bits per heavy atom. The number of halogens is 3. The smallest absolute Gasteiger partial charge is 0.357 e. The summed E-state index contributed by atoms with van der Waals surface area (Å²) >= 11 is 0. The zero-order valence-electron chi connectivity index (χ0n) is 13.8. The largest absolute Gasteiger partial charge is 0.433 e. The monoisotopic (exact) mass is 363 g/mol. The van der Waals surface area contributed by atoms with Crippen molar-refractivity contribution in [2.24, 2.45) is 5.92 Å². The summed E-state index contributed by atoms with van der Waals surface area (Å²) in [5, 5.41) is 8.80. The Hall–Kier alpha value is -2.89. The van der Waals surface area contributed by atoms with Gasteiger partial charge < -0.3 is 4.90 Å². The average molecular weight is 363 g/mol. The molecule has 26 heavy (non-hydrogen) atoms. The van der Waals surface area contributed by atoms with Gasteiger partial charge in [0, 0.05) is 31.9 Å². The molecule has 1 aliphatic heterocycles. The van der Waals surface area contributed by atoms with Crippen LogP contribution in [-0.4, -0.2) is 27.6 Å². The number of alkyl halides is 3. The molecule has 0 atom stereocenters. The Bertz CT molecular complexity index is 862. The second-order valence-electron chi connectivity index (χ2n) is 6.21. The first-order valence-corrected chi connectivity index (χ1v) is 8.11. The predicted molar refractivity (Wildman–Crippen MR) is 87.4 cm³/mol. The molecule has 0 radical (unpaired) electrons. The lowest BCUT2D eigenvalue weighted by Crippen LogP contribution is -2.37. The van der Waals surface area contributed by atoms with Crippen LogP contribution in [0.4, 0.5) is 19.0 Å². The maximum atomic E-state index is 12.6. The molecule has 2 aromatic heterocycles. The summed E-state index contributed by atoms with van der Waals surface area (Å²) in [7, 11) is 0. The van der Waals surface area contributed by atoms with Gasteiger partial charge in [0.2, 0.25) is 0 Å². The van der Waals surface area contributed by atoms with E-state index in [4.69, 9.17) is 5.26 Å². The Kier molecular flexibility index (Phi) is 4.93. The van der Waals surface area contributed by atoms with Gasteiger partial charge in [-0.3, -0.25) is 9.36 Å². The zero-order chi connectivity index (χ0) is 18.7. The molecule has 1 fully saturated rings. The molecule has 1 saturated heterocycles. The summed E-state index contributed by atoms with van der Waals surface area (Å²) in [6.07, 6.45) is -0.545. The molecule has 9 heteroatoms. The molecule has 0 unspecified atom stereocenters. The standard InChI is InChI=1S/C17H16F3N5O/c18-17(19,20)14-7-16(26)25(11-23-14)10-12-3-5-24(6-4-12)15-2-1-13(8-21)9-22-15/h1-2,7,9,11-12H,3-6,10H2. The van der Waals surface area contributed by atoms with Crippen molar-refractivity contribution in [3.8, 4) is 6.07 Å². The lowest BCUT2D eigenvalue weighted by Gasteiger charge is -2.33. The molecule has 0 amide bonds. The number of aromatic nitrogens is 3. The van der Waals surface area contributed by atoms with Gasteiger partial charge in [-0.1, -0.05) is 0 Å². The van der Waals surface area contributed by atoms with Crippen molar-refractivity contribution in [3.05, 3.63) is 52.3 Å². The number of hydrogen-bond acceptors (Lipinski definition) is 5. The van der Waals surface area contributed by atoms with E-state index in [2.05, 4.69) is 14.9 Å². The molecule has 3 heterocycles. The van der Waals surface area contributed by atoms with Gasteiger partial charge in [-0.05, 0) is 30.9 Å². The highest BCUT2D eigenvalue weighted by Gasteiger charge is 2.33. The molecule has 0 aromatic carbocycles. The van der Waals surface area contributed by atoms with Gasteiger partial charge in [0.1, 0.15) is 11.9 Å². The van der Waals surface area contributed by atoms with Gasteiger partial charge in [-0.25, -0.2) is 9.97 Å². The third-order valence-corrected chi connectivity index (χ3v) is 4.44. The van der Waals surface area contributed by atoms with Crippen molar-refractivity contribution in [2.75, 3.05) is 18.0 Å². The van der Waals surface area contributed by atoms with Crippen molar-refractivity contribution in [1.82, 2.24) is 14.5 Å². The van der Waals surface area contributed by atoms with E-state index in [1.54, 1.807) is 12.1 Å². The molecule has 6 nitrogen and oxygen atoms in total. The second kappa shape index (κ2) is 7.15. The Balaban J connectivity index is 1.60. The molecule has 3 rings (SSSR count). The summed E-state index contributed by atoms with van der Waals surface area (Å²) in [6, 6.07) is 6.06. The van der Waals surface area contributed by atoms with E-state index in [-0.39, 0.29) is 5.92 Å². The first kappa shape index (κ1) is 17.9. The van der Waals surface area contributed by atoms with Crippen molar-refractivity contribution in [1.29, 1.82) is 5.26 Å². The number of nitrogens with zero attached hydrogens (tertiary/aromatic N) is 5. The highest BCUT2D eigenvalue weighted by molar-refractivity contribution is 5.42. The lowest BCUT2D eigenvalue weighted by atomic mass is 9.96. The number of nitriles is 1. The Labute approximate surface area is 147 Å². The quantitative estimate of drug-likeness (QED) is 0.837. The van der Waals surface area contributed by atoms with Crippen LogP contribution in [0.3, 0.4) is 0 Å². The van der Waals surface area contributed by atoms with E-state index >= 15 is 0 Å². The van der Waals surface area contributed by atoms with Crippen LogP contribution >= 0.6 is 0 Å². The topological polar surface area (TPSA) is 74.8 Å². The van der Waals surface area contributed by atoms with E-state index < -0.39 is 17.4 Å². The van der Waals surface area contributed by atoms with Gasteiger partial charge in [-0.2, -0.15) is 18.4 Å². The molecule has 0 N–H and O–H groups in total. The van der Waals surface area contributed by atoms with Crippen LogP contribution in [0.5, 0.6) is 0 Å². The Morgan fingerprint density at radius 1 is 1.23 bits per heavy atom. The molecule has 0 bridgehead atoms. The number of rotatable bonds is 3. The number of piperidine rings is 1. The predicted octanol–water partition coefficient (Wildman–Crippen LogP) is 2.45. The van der Waals surface area contributed by atoms with E-state index in [1.807, 2.05) is 6.07 Å². The Morgan fingerprint density at radius 2 is 1.96 bits per heavy atom. The molecule has 1 aliphatic rings. The molecule has 0 aliphatic carbocycles. The van der Waals surface area contributed by atoms with Crippen molar-refractivity contribution >= 4 is 5.82 Å². The zero-order valence-corrected chi connectivity index (χ0v) is 13.8. The minimum atomic E-state index is -4.61. The highest BCUT2D eigenvalue weighted by Crippen LogP contribution is 2.26. The SMILES string of the molecule is N#Cc1ccc(N2CCC(Cn3cnc(C(F)(F)F)cc3=O)CC2)nc1. The summed E-state index contributed by atoms with van der Waals surface area (Å²) in [5.41, 5.74) is -1.36. The van der Waals surface area contributed by atoms with Gasteiger partial charge in [0.25, 0.3) is 5.56 Å².